The molecule has 1 aliphatic heterocycles. The van der Waals surface area contributed by atoms with E-state index in [4.69, 9.17) is 4.74 Å². The SMILES string of the molecule is O=C(CN1C(=O)S/C(=C/c2cccc(Oc3ccc(C(F)(F)F)cc3[N+](=O)[O-])c2)C1=O)Nc1ccc(Br)cc1. The first-order chi connectivity index (χ1) is 18.4. The molecular weight excluding hydrogens is 607 g/mol. The van der Waals surface area contributed by atoms with Gasteiger partial charge in [0.25, 0.3) is 11.1 Å². The topological polar surface area (TPSA) is 119 Å². The third kappa shape index (κ3) is 6.83. The molecule has 1 aliphatic rings. The van der Waals surface area contributed by atoms with Gasteiger partial charge in [0.2, 0.25) is 11.7 Å². The third-order valence-corrected chi connectivity index (χ3v) is 6.61. The molecule has 0 aliphatic carbocycles. The van der Waals surface area contributed by atoms with Crippen LogP contribution in [0.5, 0.6) is 11.5 Å². The third-order valence-electron chi connectivity index (χ3n) is 5.17. The molecule has 3 aromatic carbocycles. The maximum absolute atomic E-state index is 13.0. The number of anilines is 1. The predicted octanol–water partition coefficient (Wildman–Crippen LogP) is 6.84. The number of alkyl halides is 3. The summed E-state index contributed by atoms with van der Waals surface area (Å²) in [7, 11) is 0. The number of nitrogens with one attached hydrogen (secondary N) is 1. The number of carbonyl (C=O) groups excluding carboxylic acids is 3. The largest absolute Gasteiger partial charge is 0.450 e. The van der Waals surface area contributed by atoms with Crippen molar-refractivity contribution in [1.82, 2.24) is 4.90 Å². The maximum Gasteiger partial charge on any atom is 0.416 e. The fourth-order valence-electron chi connectivity index (χ4n) is 3.38. The highest BCUT2D eigenvalue weighted by Gasteiger charge is 2.36. The standard InChI is InChI=1S/C25H15BrF3N3O6S/c26-16-5-7-17(8-6-16)30-22(33)13-31-23(34)21(39-24(31)35)11-14-2-1-3-18(10-14)38-20-9-4-15(25(27,28)29)12-19(20)32(36)37/h1-12H,13H2,(H,30,33)/b21-11+. The summed E-state index contributed by atoms with van der Waals surface area (Å²) in [5.74, 6) is -1.64. The minimum Gasteiger partial charge on any atom is -0.450 e. The molecule has 39 heavy (non-hydrogen) atoms. The van der Waals surface area contributed by atoms with Gasteiger partial charge in [0.1, 0.15) is 12.3 Å². The first-order valence-corrected chi connectivity index (χ1v) is 12.5. The first kappa shape index (κ1) is 27.9. The van der Waals surface area contributed by atoms with Gasteiger partial charge >= 0.3 is 11.9 Å². The first-order valence-electron chi connectivity index (χ1n) is 10.8. The summed E-state index contributed by atoms with van der Waals surface area (Å²) in [4.78, 5) is 48.7. The number of benzene rings is 3. The molecule has 0 saturated carbocycles. The van der Waals surface area contributed by atoms with E-state index in [-0.39, 0.29) is 10.7 Å². The Bertz CT molecular complexity index is 1510. The average Bonchev–Trinajstić information content (AvgIpc) is 3.12. The summed E-state index contributed by atoms with van der Waals surface area (Å²) >= 11 is 3.90. The van der Waals surface area contributed by atoms with E-state index in [1.165, 1.54) is 24.3 Å². The maximum atomic E-state index is 13.0. The molecule has 3 aromatic rings. The van der Waals surface area contributed by atoms with E-state index in [1.807, 2.05) is 0 Å². The summed E-state index contributed by atoms with van der Waals surface area (Å²) in [5, 5.41) is 13.3. The minimum atomic E-state index is -4.77. The number of nitrogens with zero attached hydrogens (tertiary/aromatic N) is 2. The lowest BCUT2D eigenvalue weighted by atomic mass is 10.1. The number of imide groups is 1. The Morgan fingerprint density at radius 3 is 2.49 bits per heavy atom. The van der Waals surface area contributed by atoms with Gasteiger partial charge < -0.3 is 10.1 Å². The molecule has 9 nitrogen and oxygen atoms in total. The smallest absolute Gasteiger partial charge is 0.416 e. The number of thioether (sulfide) groups is 1. The number of amides is 3. The van der Waals surface area contributed by atoms with Crippen LogP contribution in [0.4, 0.5) is 29.3 Å². The van der Waals surface area contributed by atoms with Crippen LogP contribution >= 0.6 is 27.7 Å². The van der Waals surface area contributed by atoms with Gasteiger partial charge in [-0.25, -0.2) is 0 Å². The molecule has 1 fully saturated rings. The summed E-state index contributed by atoms with van der Waals surface area (Å²) in [5.41, 5.74) is -1.23. The second-order valence-corrected chi connectivity index (χ2v) is 9.84. The van der Waals surface area contributed by atoms with Gasteiger partial charge in [-0.2, -0.15) is 13.2 Å². The van der Waals surface area contributed by atoms with E-state index in [0.29, 0.717) is 35.1 Å². The van der Waals surface area contributed by atoms with E-state index < -0.39 is 51.7 Å². The molecule has 1 N–H and O–H groups in total. The molecule has 0 aromatic heterocycles. The van der Waals surface area contributed by atoms with E-state index in [1.54, 1.807) is 30.3 Å². The molecule has 1 saturated heterocycles. The fraction of sp³-hybridized carbons (Fsp3) is 0.0800. The van der Waals surface area contributed by atoms with Crippen LogP contribution in [0.15, 0.2) is 76.1 Å². The number of nitro groups is 1. The van der Waals surface area contributed by atoms with E-state index >= 15 is 0 Å². The number of halogens is 4. The van der Waals surface area contributed by atoms with Gasteiger partial charge in [-0.1, -0.05) is 28.1 Å². The Kier molecular flexibility index (Phi) is 8.06. The Morgan fingerprint density at radius 2 is 1.82 bits per heavy atom. The van der Waals surface area contributed by atoms with Crippen LogP contribution in [0.3, 0.4) is 0 Å². The van der Waals surface area contributed by atoms with E-state index in [2.05, 4.69) is 21.2 Å². The number of rotatable bonds is 7. The Labute approximate surface area is 230 Å². The number of carbonyl (C=O) groups is 3. The van der Waals surface area contributed by atoms with Crippen molar-refractivity contribution in [2.45, 2.75) is 6.18 Å². The lowest BCUT2D eigenvalue weighted by Gasteiger charge is -2.12. The van der Waals surface area contributed by atoms with Crippen LogP contribution in [0.2, 0.25) is 0 Å². The lowest BCUT2D eigenvalue weighted by Crippen LogP contribution is -2.36. The average molecular weight is 622 g/mol. The van der Waals surface area contributed by atoms with Crippen molar-refractivity contribution in [3.05, 3.63) is 97.3 Å². The highest BCUT2D eigenvalue weighted by molar-refractivity contribution is 9.10. The highest BCUT2D eigenvalue weighted by atomic mass is 79.9. The zero-order valence-electron chi connectivity index (χ0n) is 19.4. The molecule has 3 amide bonds. The van der Waals surface area contributed by atoms with Crippen molar-refractivity contribution < 1.29 is 37.2 Å². The van der Waals surface area contributed by atoms with Gasteiger partial charge in [0, 0.05) is 16.2 Å². The van der Waals surface area contributed by atoms with E-state index in [9.17, 15) is 37.7 Å². The zero-order chi connectivity index (χ0) is 28.3. The monoisotopic (exact) mass is 621 g/mol. The van der Waals surface area contributed by atoms with Crippen LogP contribution in [-0.4, -0.2) is 33.4 Å². The lowest BCUT2D eigenvalue weighted by molar-refractivity contribution is -0.385. The van der Waals surface area contributed by atoms with Crippen LogP contribution in [0, 0.1) is 10.1 Å². The molecule has 0 spiro atoms. The fourth-order valence-corrected chi connectivity index (χ4v) is 4.49. The van der Waals surface area contributed by atoms with Crippen LogP contribution in [-0.2, 0) is 15.8 Å². The van der Waals surface area contributed by atoms with Crippen LogP contribution in [0.25, 0.3) is 6.08 Å². The number of ether oxygens (including phenoxy) is 1. The quantitative estimate of drug-likeness (QED) is 0.174. The Hall–Kier alpha value is -4.17. The summed E-state index contributed by atoms with van der Waals surface area (Å²) in [6.45, 7) is -0.501. The van der Waals surface area contributed by atoms with Crippen molar-refractivity contribution in [3.63, 3.8) is 0 Å². The number of nitro benzene ring substituents is 1. The number of hydrogen-bond acceptors (Lipinski definition) is 7. The van der Waals surface area contributed by atoms with Gasteiger partial charge in [-0.3, -0.25) is 29.4 Å². The number of hydrogen-bond donors (Lipinski definition) is 1. The van der Waals surface area contributed by atoms with Crippen molar-refractivity contribution >= 4 is 62.2 Å². The van der Waals surface area contributed by atoms with Gasteiger partial charge in [-0.15, -0.1) is 0 Å². The summed E-state index contributed by atoms with van der Waals surface area (Å²) in [6, 6.07) is 14.4. The molecular formula is C25H15BrF3N3O6S. The van der Waals surface area contributed by atoms with Crippen molar-refractivity contribution in [3.8, 4) is 11.5 Å². The molecule has 200 valence electrons. The Morgan fingerprint density at radius 1 is 1.10 bits per heavy atom. The molecule has 0 bridgehead atoms. The summed E-state index contributed by atoms with van der Waals surface area (Å²) in [6.07, 6.45) is -3.41. The molecule has 0 radical (unpaired) electrons. The molecule has 14 heteroatoms. The van der Waals surface area contributed by atoms with Gasteiger partial charge in [0.15, 0.2) is 0 Å². The van der Waals surface area contributed by atoms with Crippen molar-refractivity contribution in [1.29, 1.82) is 0 Å². The molecule has 0 unspecified atom stereocenters. The summed E-state index contributed by atoms with van der Waals surface area (Å²) < 4.78 is 45.1. The van der Waals surface area contributed by atoms with Crippen LogP contribution in [0.1, 0.15) is 11.1 Å². The zero-order valence-corrected chi connectivity index (χ0v) is 21.8. The predicted molar refractivity (Wildman–Crippen MR) is 140 cm³/mol. The Balaban J connectivity index is 1.48. The normalized spacial score (nSPS) is 14.6. The van der Waals surface area contributed by atoms with Crippen molar-refractivity contribution in [2.24, 2.45) is 0 Å². The molecule has 0 atom stereocenters. The highest BCUT2D eigenvalue weighted by Crippen LogP contribution is 2.38. The second kappa shape index (κ2) is 11.3. The van der Waals surface area contributed by atoms with Gasteiger partial charge in [0.05, 0.1) is 15.4 Å². The second-order valence-electron chi connectivity index (χ2n) is 7.93. The van der Waals surface area contributed by atoms with Crippen molar-refractivity contribution in [2.75, 3.05) is 11.9 Å². The van der Waals surface area contributed by atoms with Crippen LogP contribution < -0.4 is 10.1 Å². The molecule has 4 rings (SSSR count). The van der Waals surface area contributed by atoms with E-state index in [0.717, 1.165) is 15.4 Å². The van der Waals surface area contributed by atoms with Gasteiger partial charge in [-0.05, 0) is 71.9 Å². The minimum absolute atomic E-state index is 0.0223. The molecule has 1 heterocycles.